The summed E-state index contributed by atoms with van der Waals surface area (Å²) >= 11 is 12.6. The maximum absolute atomic E-state index is 13.3. The lowest BCUT2D eigenvalue weighted by molar-refractivity contribution is 0.0634. The van der Waals surface area contributed by atoms with Gasteiger partial charge < -0.3 is 9.80 Å². The lowest BCUT2D eigenvalue weighted by Gasteiger charge is -2.46. The van der Waals surface area contributed by atoms with Gasteiger partial charge >= 0.3 is 0 Å². The van der Waals surface area contributed by atoms with Gasteiger partial charge in [-0.05, 0) is 50.2 Å². The molecule has 1 fully saturated rings. The Bertz CT molecular complexity index is 1270. The molecule has 3 atom stereocenters. The van der Waals surface area contributed by atoms with Crippen molar-refractivity contribution in [1.82, 2.24) is 14.9 Å². The maximum Gasteiger partial charge on any atom is 0.254 e. The fourth-order valence-corrected chi connectivity index (χ4v) is 5.81. The quantitative estimate of drug-likeness (QED) is 0.436. The zero-order chi connectivity index (χ0) is 25.1. The molecule has 2 heterocycles. The van der Waals surface area contributed by atoms with Gasteiger partial charge in [-0.1, -0.05) is 29.3 Å². The van der Waals surface area contributed by atoms with Gasteiger partial charge in [0.1, 0.15) is 5.69 Å². The second-order valence-corrected chi connectivity index (χ2v) is 10.6. The molecule has 182 valence electrons. The van der Waals surface area contributed by atoms with E-state index in [0.717, 1.165) is 5.69 Å². The Kier molecular flexibility index (Phi) is 7.84. The second kappa shape index (κ2) is 10.8. The van der Waals surface area contributed by atoms with Crippen LogP contribution in [-0.4, -0.2) is 61.7 Å². The number of halogens is 2. The van der Waals surface area contributed by atoms with Crippen LogP contribution in [0.3, 0.4) is 0 Å². The van der Waals surface area contributed by atoms with Crippen LogP contribution in [0.2, 0.25) is 10.0 Å². The molecule has 7 nitrogen and oxygen atoms in total. The lowest BCUT2D eigenvalue weighted by atomic mass is 10.0. The zero-order valence-corrected chi connectivity index (χ0v) is 21.6. The molecule has 0 N–H and O–H groups in total. The molecule has 0 bridgehead atoms. The molecule has 10 heteroatoms. The Hall–Kier alpha value is -2.81. The summed E-state index contributed by atoms with van der Waals surface area (Å²) in [6, 6.07) is 12.4. The van der Waals surface area contributed by atoms with Crippen molar-refractivity contribution in [2.24, 2.45) is 0 Å². The van der Waals surface area contributed by atoms with E-state index in [2.05, 4.69) is 21.8 Å². The van der Waals surface area contributed by atoms with E-state index in [1.807, 2.05) is 36.1 Å². The summed E-state index contributed by atoms with van der Waals surface area (Å²) in [5, 5.41) is 0.853. The summed E-state index contributed by atoms with van der Waals surface area (Å²) in [5.74, 6) is -0.816. The van der Waals surface area contributed by atoms with E-state index in [0.29, 0.717) is 28.6 Å². The Morgan fingerprint density at radius 1 is 1.06 bits per heavy atom. The fraction of sp³-hybridized carbons (Fsp3) is 0.280. The number of hydrogen-bond acceptors (Lipinski definition) is 6. The van der Waals surface area contributed by atoms with Gasteiger partial charge in [0.15, 0.2) is 5.78 Å². The van der Waals surface area contributed by atoms with Gasteiger partial charge in [0.2, 0.25) is 0 Å². The zero-order valence-electron chi connectivity index (χ0n) is 19.2. The third-order valence-electron chi connectivity index (χ3n) is 6.20. The molecular weight excluding hydrogens is 507 g/mol. The van der Waals surface area contributed by atoms with Gasteiger partial charge in [-0.25, -0.2) is 4.98 Å². The average Bonchev–Trinajstić information content (AvgIpc) is 2.85. The molecule has 1 amide bonds. The van der Waals surface area contributed by atoms with Crippen molar-refractivity contribution in [2.75, 3.05) is 23.7 Å². The predicted octanol–water partition coefficient (Wildman–Crippen LogP) is 4.51. The first-order chi connectivity index (χ1) is 16.8. The Morgan fingerprint density at radius 2 is 1.86 bits per heavy atom. The number of Topliss-reactive ketones (excluding diaryl/α,β-unsaturated/α-hetero) is 1. The van der Waals surface area contributed by atoms with E-state index in [4.69, 9.17) is 23.2 Å². The number of anilines is 1. The van der Waals surface area contributed by atoms with Crippen LogP contribution in [-0.2, 0) is 10.8 Å². The van der Waals surface area contributed by atoms with Crippen LogP contribution >= 0.6 is 23.2 Å². The molecule has 0 radical (unpaired) electrons. The highest BCUT2D eigenvalue weighted by atomic mass is 35.5. The van der Waals surface area contributed by atoms with Crippen molar-refractivity contribution in [3.8, 4) is 0 Å². The van der Waals surface area contributed by atoms with Crippen LogP contribution in [0.4, 0.5) is 5.69 Å². The lowest BCUT2D eigenvalue weighted by Crippen LogP contribution is -2.59. The summed E-state index contributed by atoms with van der Waals surface area (Å²) in [6.45, 7) is 5.30. The topological polar surface area (TPSA) is 83.5 Å². The Balaban J connectivity index is 1.46. The van der Waals surface area contributed by atoms with Gasteiger partial charge in [0.25, 0.3) is 5.91 Å². The molecule has 0 aliphatic carbocycles. The van der Waals surface area contributed by atoms with Crippen LogP contribution in [0.25, 0.3) is 0 Å². The van der Waals surface area contributed by atoms with Crippen LogP contribution < -0.4 is 4.90 Å². The van der Waals surface area contributed by atoms with E-state index in [-0.39, 0.29) is 34.5 Å². The SMILES string of the molecule is CC1C(C)N(c2cccc(Cl)c2)CCN1C(=O)c1ccc(S(=O)CC(=O)c2cnccn2)c(Cl)c1. The molecule has 3 unspecified atom stereocenters. The van der Waals surface area contributed by atoms with Crippen molar-refractivity contribution in [2.45, 2.75) is 30.8 Å². The molecule has 0 spiro atoms. The van der Waals surface area contributed by atoms with E-state index in [1.165, 1.54) is 24.7 Å². The van der Waals surface area contributed by atoms with Crippen molar-refractivity contribution in [3.05, 3.63) is 82.4 Å². The molecule has 4 rings (SSSR count). The molecule has 0 saturated carbocycles. The number of rotatable bonds is 6. The second-order valence-electron chi connectivity index (χ2n) is 8.30. The van der Waals surface area contributed by atoms with Crippen molar-refractivity contribution in [3.63, 3.8) is 0 Å². The number of carbonyl (C=O) groups excluding carboxylic acids is 2. The van der Waals surface area contributed by atoms with E-state index in [1.54, 1.807) is 12.1 Å². The first kappa shape index (κ1) is 25.3. The summed E-state index contributed by atoms with van der Waals surface area (Å²) in [6.07, 6.45) is 4.19. The average molecular weight is 531 g/mol. The van der Waals surface area contributed by atoms with Gasteiger partial charge in [0, 0.05) is 53.8 Å². The molecule has 1 aromatic heterocycles. The number of amides is 1. The number of benzene rings is 2. The van der Waals surface area contributed by atoms with E-state index in [9.17, 15) is 13.8 Å². The highest BCUT2D eigenvalue weighted by Crippen LogP contribution is 2.29. The highest BCUT2D eigenvalue weighted by molar-refractivity contribution is 7.86. The summed E-state index contributed by atoms with van der Waals surface area (Å²) in [4.78, 5) is 37.8. The normalized spacial score (nSPS) is 18.9. The fourth-order valence-electron chi connectivity index (χ4n) is 4.15. The maximum atomic E-state index is 13.3. The van der Waals surface area contributed by atoms with Crippen LogP contribution in [0.5, 0.6) is 0 Å². The minimum atomic E-state index is -1.68. The molecule has 2 aromatic carbocycles. The molecule has 1 aliphatic heterocycles. The van der Waals surface area contributed by atoms with E-state index < -0.39 is 16.6 Å². The van der Waals surface area contributed by atoms with Gasteiger partial charge in [0.05, 0.1) is 32.7 Å². The van der Waals surface area contributed by atoms with Gasteiger partial charge in [-0.3, -0.25) is 18.8 Å². The highest BCUT2D eigenvalue weighted by Gasteiger charge is 2.34. The molecule has 3 aromatic rings. The van der Waals surface area contributed by atoms with Crippen molar-refractivity contribution in [1.29, 1.82) is 0 Å². The molecule has 1 saturated heterocycles. The number of piperazine rings is 1. The Labute approximate surface area is 216 Å². The molecule has 35 heavy (non-hydrogen) atoms. The largest absolute Gasteiger partial charge is 0.365 e. The van der Waals surface area contributed by atoms with E-state index >= 15 is 0 Å². The standard InChI is InChI=1S/C25H24Cl2N4O3S/c1-16-17(2)31(11-10-30(16)20-5-3-4-19(26)13-20)25(33)18-6-7-24(21(27)12-18)35(34)15-23(32)22-14-28-8-9-29-22/h3-9,12-14,16-17H,10-11,15H2,1-2H3. The van der Waals surface area contributed by atoms with Crippen molar-refractivity contribution < 1.29 is 13.8 Å². The Morgan fingerprint density at radius 3 is 2.54 bits per heavy atom. The third kappa shape index (κ3) is 5.55. The first-order valence-corrected chi connectivity index (χ1v) is 13.1. The molecular formula is C25H24Cl2N4O3S. The molecule has 1 aliphatic rings. The smallest absolute Gasteiger partial charge is 0.254 e. The number of carbonyl (C=O) groups is 2. The van der Waals surface area contributed by atoms with Crippen LogP contribution in [0.1, 0.15) is 34.7 Å². The van der Waals surface area contributed by atoms with Crippen LogP contribution in [0, 0.1) is 0 Å². The number of aromatic nitrogens is 2. The summed E-state index contributed by atoms with van der Waals surface area (Å²) < 4.78 is 12.8. The predicted molar refractivity (Wildman–Crippen MR) is 138 cm³/mol. The minimum Gasteiger partial charge on any atom is -0.365 e. The van der Waals surface area contributed by atoms with Gasteiger partial charge in [-0.15, -0.1) is 0 Å². The van der Waals surface area contributed by atoms with Gasteiger partial charge in [-0.2, -0.15) is 0 Å². The van der Waals surface area contributed by atoms with Crippen LogP contribution in [0.15, 0.2) is 66.0 Å². The number of hydrogen-bond donors (Lipinski definition) is 0. The minimum absolute atomic E-state index is 0.0626. The summed E-state index contributed by atoms with van der Waals surface area (Å²) in [7, 11) is -1.68. The third-order valence-corrected chi connectivity index (χ3v) is 8.23. The monoisotopic (exact) mass is 530 g/mol. The summed E-state index contributed by atoms with van der Waals surface area (Å²) in [5.41, 5.74) is 1.57. The number of ketones is 1. The van der Waals surface area contributed by atoms with Crippen molar-refractivity contribution >= 4 is 51.4 Å². The first-order valence-electron chi connectivity index (χ1n) is 11.1. The number of nitrogens with zero attached hydrogens (tertiary/aromatic N) is 4.